The van der Waals surface area contributed by atoms with Crippen LogP contribution in [0.3, 0.4) is 0 Å². The molecule has 0 atom stereocenters. The molecule has 2 aromatic heterocycles. The van der Waals surface area contributed by atoms with Crippen LogP contribution in [0.15, 0.2) is 36.5 Å². The summed E-state index contributed by atoms with van der Waals surface area (Å²) in [7, 11) is 1.58. The molecular weight excluding hydrogens is 388 g/mol. The van der Waals surface area contributed by atoms with E-state index in [2.05, 4.69) is 15.3 Å². The maximum atomic E-state index is 13.3. The third kappa shape index (κ3) is 3.98. The third-order valence-electron chi connectivity index (χ3n) is 5.16. The number of hydrogen-bond acceptors (Lipinski definition) is 5. The van der Waals surface area contributed by atoms with Crippen molar-refractivity contribution < 1.29 is 9.53 Å². The Kier molecular flexibility index (Phi) is 5.53. The molecule has 0 unspecified atom stereocenters. The van der Waals surface area contributed by atoms with Crippen molar-refractivity contribution in [1.82, 2.24) is 14.9 Å². The molecule has 3 aromatic rings. The van der Waals surface area contributed by atoms with Crippen molar-refractivity contribution in [3.05, 3.63) is 52.8 Å². The molecule has 29 heavy (non-hydrogen) atoms. The number of nitrogens with one attached hydrogen (secondary N) is 1. The van der Waals surface area contributed by atoms with Gasteiger partial charge in [-0.15, -0.1) is 0 Å². The molecule has 150 valence electrons. The number of benzene rings is 1. The lowest BCUT2D eigenvalue weighted by molar-refractivity contribution is 0.0725. The minimum atomic E-state index is -0.0122. The Morgan fingerprint density at radius 2 is 1.97 bits per heavy atom. The van der Waals surface area contributed by atoms with Gasteiger partial charge in [0.1, 0.15) is 5.75 Å². The first kappa shape index (κ1) is 19.5. The summed E-state index contributed by atoms with van der Waals surface area (Å²) < 4.78 is 5.23. The van der Waals surface area contributed by atoms with E-state index in [1.807, 2.05) is 30.0 Å². The van der Waals surface area contributed by atoms with Gasteiger partial charge in [-0.25, -0.2) is 9.97 Å². The van der Waals surface area contributed by atoms with Crippen LogP contribution < -0.4 is 10.1 Å². The van der Waals surface area contributed by atoms with Gasteiger partial charge in [0.25, 0.3) is 5.91 Å². The highest BCUT2D eigenvalue weighted by molar-refractivity contribution is 6.32. The Bertz CT molecular complexity index is 1060. The van der Waals surface area contributed by atoms with Crippen molar-refractivity contribution in [2.24, 2.45) is 0 Å². The molecule has 1 fully saturated rings. The van der Waals surface area contributed by atoms with Crippen molar-refractivity contribution in [3.8, 4) is 5.75 Å². The van der Waals surface area contributed by atoms with E-state index in [4.69, 9.17) is 16.3 Å². The van der Waals surface area contributed by atoms with E-state index in [0.29, 0.717) is 27.7 Å². The number of aromatic nitrogens is 2. The van der Waals surface area contributed by atoms with Crippen LogP contribution in [0.2, 0.25) is 5.02 Å². The lowest BCUT2D eigenvalue weighted by atomic mass is 10.1. The number of anilines is 2. The number of hydrogen-bond donors (Lipinski definition) is 1. The zero-order chi connectivity index (χ0) is 20.4. The van der Waals surface area contributed by atoms with E-state index in [1.54, 1.807) is 25.4 Å². The van der Waals surface area contributed by atoms with E-state index in [-0.39, 0.29) is 5.91 Å². The highest BCUT2D eigenvalue weighted by Gasteiger charge is 2.23. The van der Waals surface area contributed by atoms with E-state index in [1.165, 1.54) is 6.42 Å². The topological polar surface area (TPSA) is 67.3 Å². The molecule has 3 heterocycles. The van der Waals surface area contributed by atoms with E-state index in [9.17, 15) is 4.79 Å². The number of piperidine rings is 1. The maximum absolute atomic E-state index is 13.3. The summed E-state index contributed by atoms with van der Waals surface area (Å²) in [5.41, 5.74) is 3.47. The molecule has 1 aromatic carbocycles. The van der Waals surface area contributed by atoms with Crippen molar-refractivity contribution >= 4 is 39.9 Å². The monoisotopic (exact) mass is 410 g/mol. The second kappa shape index (κ2) is 8.25. The molecule has 0 radical (unpaired) electrons. The smallest absolute Gasteiger partial charge is 0.257 e. The summed E-state index contributed by atoms with van der Waals surface area (Å²) in [4.78, 5) is 24.1. The lowest BCUT2D eigenvalue weighted by Gasteiger charge is -2.27. The number of likely N-dealkylation sites (tertiary alicyclic amines) is 1. The summed E-state index contributed by atoms with van der Waals surface area (Å²) in [6.07, 6.45) is 4.85. The minimum Gasteiger partial charge on any atom is -0.495 e. The van der Waals surface area contributed by atoms with Gasteiger partial charge in [-0.1, -0.05) is 11.6 Å². The van der Waals surface area contributed by atoms with Crippen LogP contribution in [0.4, 0.5) is 11.4 Å². The molecule has 0 bridgehead atoms. The number of fused-ring (bicyclic) bond motifs is 1. The number of halogens is 1. The second-order valence-corrected chi connectivity index (χ2v) is 7.61. The fraction of sp³-hybridized carbons (Fsp3) is 0.318. The van der Waals surface area contributed by atoms with Crippen molar-refractivity contribution in [2.45, 2.75) is 26.2 Å². The first-order valence-electron chi connectivity index (χ1n) is 9.73. The van der Waals surface area contributed by atoms with E-state index < -0.39 is 0 Å². The standard InChI is InChI=1S/C22H23ClN4O2/c1-14-6-8-16-20(26-15-7-9-19(29-2)18(23)12-15)17(13-24-21(16)25-14)22(28)27-10-4-3-5-11-27/h6-9,12-13H,3-5,10-11H2,1-2H3,(H,24,25,26). The number of ether oxygens (including phenoxy) is 1. The molecule has 7 heteroatoms. The van der Waals surface area contributed by atoms with Crippen LogP contribution >= 0.6 is 11.6 Å². The fourth-order valence-electron chi connectivity index (χ4n) is 3.62. The molecule has 6 nitrogen and oxygen atoms in total. The van der Waals surface area contributed by atoms with Gasteiger partial charge in [-0.2, -0.15) is 0 Å². The van der Waals surface area contributed by atoms with Crippen molar-refractivity contribution in [1.29, 1.82) is 0 Å². The lowest BCUT2D eigenvalue weighted by Crippen LogP contribution is -2.36. The van der Waals surface area contributed by atoms with E-state index in [0.717, 1.165) is 42.7 Å². The summed E-state index contributed by atoms with van der Waals surface area (Å²) in [6.45, 7) is 3.47. The molecule has 1 aliphatic rings. The van der Waals surface area contributed by atoms with Crippen LogP contribution in [-0.4, -0.2) is 41.0 Å². The Morgan fingerprint density at radius 3 is 2.69 bits per heavy atom. The molecule has 1 aliphatic heterocycles. The normalized spacial score (nSPS) is 14.1. The van der Waals surface area contributed by atoms with E-state index >= 15 is 0 Å². The van der Waals surface area contributed by atoms with Gasteiger partial charge in [0.15, 0.2) is 5.65 Å². The molecule has 1 amide bonds. The van der Waals surface area contributed by atoms with Crippen LogP contribution in [0.1, 0.15) is 35.3 Å². The first-order chi connectivity index (χ1) is 14.1. The molecule has 0 aliphatic carbocycles. The van der Waals surface area contributed by atoms with Gasteiger partial charge in [0, 0.05) is 36.1 Å². The predicted molar refractivity (Wildman–Crippen MR) is 115 cm³/mol. The maximum Gasteiger partial charge on any atom is 0.257 e. The molecule has 0 spiro atoms. The average molecular weight is 411 g/mol. The predicted octanol–water partition coefficient (Wildman–Crippen LogP) is 4.97. The second-order valence-electron chi connectivity index (χ2n) is 7.20. The third-order valence-corrected chi connectivity index (χ3v) is 5.46. The molecule has 1 saturated heterocycles. The molecule has 1 N–H and O–H groups in total. The summed E-state index contributed by atoms with van der Waals surface area (Å²) in [6, 6.07) is 9.32. The number of methoxy groups -OCH3 is 1. The number of carbonyl (C=O) groups excluding carboxylic acids is 1. The number of rotatable bonds is 4. The SMILES string of the molecule is COc1ccc(Nc2c(C(=O)N3CCCCC3)cnc3nc(C)ccc23)cc1Cl. The van der Waals surface area contributed by atoms with Gasteiger partial charge in [0.2, 0.25) is 0 Å². The summed E-state index contributed by atoms with van der Waals surface area (Å²) >= 11 is 6.29. The zero-order valence-corrected chi connectivity index (χ0v) is 17.3. The minimum absolute atomic E-state index is 0.0122. The highest BCUT2D eigenvalue weighted by atomic mass is 35.5. The number of pyridine rings is 2. The Hall–Kier alpha value is -2.86. The van der Waals surface area contributed by atoms with Gasteiger partial charge in [-0.3, -0.25) is 4.79 Å². The van der Waals surface area contributed by atoms with Gasteiger partial charge in [0.05, 0.1) is 23.4 Å². The quantitative estimate of drug-likeness (QED) is 0.657. The van der Waals surface area contributed by atoms with Gasteiger partial charge >= 0.3 is 0 Å². The van der Waals surface area contributed by atoms with Crippen molar-refractivity contribution in [3.63, 3.8) is 0 Å². The fourth-order valence-corrected chi connectivity index (χ4v) is 3.88. The number of carbonyl (C=O) groups is 1. The van der Waals surface area contributed by atoms with Crippen LogP contribution in [0.25, 0.3) is 11.0 Å². The van der Waals surface area contributed by atoms with Crippen LogP contribution in [-0.2, 0) is 0 Å². The number of nitrogens with zero attached hydrogens (tertiary/aromatic N) is 3. The number of aryl methyl sites for hydroxylation is 1. The largest absolute Gasteiger partial charge is 0.495 e. The van der Waals surface area contributed by atoms with Crippen LogP contribution in [0.5, 0.6) is 5.75 Å². The first-order valence-corrected chi connectivity index (χ1v) is 10.1. The van der Waals surface area contributed by atoms with Gasteiger partial charge in [-0.05, 0) is 56.5 Å². The number of amides is 1. The highest BCUT2D eigenvalue weighted by Crippen LogP contribution is 2.33. The Morgan fingerprint density at radius 1 is 1.17 bits per heavy atom. The molecule has 0 saturated carbocycles. The van der Waals surface area contributed by atoms with Crippen molar-refractivity contribution in [2.75, 3.05) is 25.5 Å². The van der Waals surface area contributed by atoms with Crippen LogP contribution in [0, 0.1) is 6.92 Å². The Balaban J connectivity index is 1.80. The Labute approximate surface area is 174 Å². The van der Waals surface area contributed by atoms with Gasteiger partial charge < -0.3 is 15.0 Å². The molecule has 4 rings (SSSR count). The summed E-state index contributed by atoms with van der Waals surface area (Å²) in [5, 5.41) is 4.67. The summed E-state index contributed by atoms with van der Waals surface area (Å²) in [5.74, 6) is 0.584. The average Bonchev–Trinajstić information content (AvgIpc) is 2.74. The zero-order valence-electron chi connectivity index (χ0n) is 16.5. The molecular formula is C22H23ClN4O2.